The van der Waals surface area contributed by atoms with Crippen LogP contribution in [0.1, 0.15) is 11.3 Å². The molecule has 0 aromatic carbocycles. The number of nitrogens with zero attached hydrogens (tertiary/aromatic N) is 2. The fraction of sp³-hybridized carbons (Fsp3) is 0.500. The standard InChI is InChI=1S/C12H20N4O2/c1-18-8-6-16(5-7-17)9-10-3-2-4-15-11(10)12(13)14/h2-4,17H,5-9H2,1H3,(H3,13,14). The van der Waals surface area contributed by atoms with Crippen LogP contribution in [0.2, 0.25) is 0 Å². The summed E-state index contributed by atoms with van der Waals surface area (Å²) in [6.07, 6.45) is 1.62. The molecule has 6 heteroatoms. The van der Waals surface area contributed by atoms with E-state index in [1.165, 1.54) is 0 Å². The number of ether oxygens (including phenoxy) is 1. The minimum atomic E-state index is -0.0405. The average Bonchev–Trinajstić information content (AvgIpc) is 2.36. The third-order valence-corrected chi connectivity index (χ3v) is 2.57. The lowest BCUT2D eigenvalue weighted by atomic mass is 10.1. The second-order valence-corrected chi connectivity index (χ2v) is 3.92. The summed E-state index contributed by atoms with van der Waals surface area (Å²) in [6, 6.07) is 3.70. The Balaban J connectivity index is 2.76. The zero-order valence-corrected chi connectivity index (χ0v) is 10.6. The third kappa shape index (κ3) is 4.40. The van der Waals surface area contributed by atoms with Crippen LogP contribution in [0, 0.1) is 5.41 Å². The van der Waals surface area contributed by atoms with Gasteiger partial charge in [0.2, 0.25) is 0 Å². The molecule has 1 aromatic rings. The molecule has 1 aromatic heterocycles. The van der Waals surface area contributed by atoms with Gasteiger partial charge >= 0.3 is 0 Å². The van der Waals surface area contributed by atoms with Gasteiger partial charge in [-0.3, -0.25) is 15.3 Å². The van der Waals surface area contributed by atoms with Gasteiger partial charge in [0.15, 0.2) is 0 Å². The molecule has 0 aliphatic carbocycles. The van der Waals surface area contributed by atoms with Gasteiger partial charge in [-0.05, 0) is 11.6 Å². The first-order valence-electron chi connectivity index (χ1n) is 5.79. The van der Waals surface area contributed by atoms with Crippen molar-refractivity contribution in [3.05, 3.63) is 29.6 Å². The van der Waals surface area contributed by atoms with Gasteiger partial charge in [-0.2, -0.15) is 0 Å². The van der Waals surface area contributed by atoms with Crippen LogP contribution in [-0.2, 0) is 11.3 Å². The highest BCUT2D eigenvalue weighted by Crippen LogP contribution is 2.08. The van der Waals surface area contributed by atoms with Crippen molar-refractivity contribution in [3.8, 4) is 0 Å². The molecule has 0 spiro atoms. The second kappa shape index (κ2) is 7.75. The van der Waals surface area contributed by atoms with Crippen molar-refractivity contribution in [1.29, 1.82) is 5.41 Å². The molecule has 0 aliphatic heterocycles. The molecule has 1 rings (SSSR count). The van der Waals surface area contributed by atoms with E-state index in [2.05, 4.69) is 4.98 Å². The van der Waals surface area contributed by atoms with E-state index >= 15 is 0 Å². The number of aliphatic hydroxyl groups excluding tert-OH is 1. The average molecular weight is 252 g/mol. The molecule has 0 bridgehead atoms. The predicted octanol–water partition coefficient (Wildman–Crippen LogP) is -0.194. The van der Waals surface area contributed by atoms with Crippen LogP contribution in [0.5, 0.6) is 0 Å². The molecule has 0 saturated heterocycles. The Morgan fingerprint density at radius 2 is 2.33 bits per heavy atom. The van der Waals surface area contributed by atoms with Crippen LogP contribution < -0.4 is 5.73 Å². The number of nitrogens with one attached hydrogen (secondary N) is 1. The Bertz CT molecular complexity index is 384. The molecule has 0 atom stereocenters. The highest BCUT2D eigenvalue weighted by Gasteiger charge is 2.11. The summed E-state index contributed by atoms with van der Waals surface area (Å²) in [5.74, 6) is -0.0405. The summed E-state index contributed by atoms with van der Waals surface area (Å²) < 4.78 is 5.03. The summed E-state index contributed by atoms with van der Waals surface area (Å²) in [4.78, 5) is 6.14. The maximum absolute atomic E-state index is 9.03. The van der Waals surface area contributed by atoms with Gasteiger partial charge in [0.1, 0.15) is 11.5 Å². The van der Waals surface area contributed by atoms with Crippen LogP contribution >= 0.6 is 0 Å². The number of rotatable bonds is 8. The van der Waals surface area contributed by atoms with Crippen molar-refractivity contribution in [3.63, 3.8) is 0 Å². The van der Waals surface area contributed by atoms with E-state index in [9.17, 15) is 0 Å². The number of nitrogen functional groups attached to an aromatic ring is 1. The maximum atomic E-state index is 9.03. The summed E-state index contributed by atoms with van der Waals surface area (Å²) in [5, 5.41) is 16.5. The second-order valence-electron chi connectivity index (χ2n) is 3.92. The van der Waals surface area contributed by atoms with Crippen LogP contribution in [0.4, 0.5) is 0 Å². The van der Waals surface area contributed by atoms with Crippen molar-refractivity contribution in [2.45, 2.75) is 6.54 Å². The normalized spacial score (nSPS) is 10.8. The first kappa shape index (κ1) is 14.6. The number of hydrogen-bond acceptors (Lipinski definition) is 5. The third-order valence-electron chi connectivity index (χ3n) is 2.57. The Labute approximate surface area is 107 Å². The zero-order valence-electron chi connectivity index (χ0n) is 10.6. The molecule has 4 N–H and O–H groups in total. The Morgan fingerprint density at radius 1 is 1.56 bits per heavy atom. The Morgan fingerprint density at radius 3 is 2.94 bits per heavy atom. The molecule has 0 radical (unpaired) electrons. The molecule has 0 fully saturated rings. The van der Waals surface area contributed by atoms with Crippen molar-refractivity contribution < 1.29 is 9.84 Å². The monoisotopic (exact) mass is 252 g/mol. The fourth-order valence-electron chi connectivity index (χ4n) is 1.68. The van der Waals surface area contributed by atoms with Crippen molar-refractivity contribution >= 4 is 5.84 Å². The lowest BCUT2D eigenvalue weighted by Gasteiger charge is -2.21. The number of aromatic nitrogens is 1. The molecule has 0 unspecified atom stereocenters. The highest BCUT2D eigenvalue weighted by molar-refractivity contribution is 5.94. The highest BCUT2D eigenvalue weighted by atomic mass is 16.5. The van der Waals surface area contributed by atoms with Gasteiger partial charge in [-0.15, -0.1) is 0 Å². The number of amidine groups is 1. The summed E-state index contributed by atoms with van der Waals surface area (Å²) in [7, 11) is 1.64. The quantitative estimate of drug-likeness (QED) is 0.440. The maximum Gasteiger partial charge on any atom is 0.142 e. The molecule has 1 heterocycles. The molecule has 0 amide bonds. The van der Waals surface area contributed by atoms with E-state index in [4.69, 9.17) is 21.0 Å². The lowest BCUT2D eigenvalue weighted by Crippen LogP contribution is -2.31. The first-order chi connectivity index (χ1) is 8.69. The molecule has 0 saturated carbocycles. The van der Waals surface area contributed by atoms with Gasteiger partial charge in [0.05, 0.1) is 13.2 Å². The zero-order chi connectivity index (χ0) is 13.4. The number of aliphatic hydroxyl groups is 1. The number of methoxy groups -OCH3 is 1. The smallest absolute Gasteiger partial charge is 0.142 e. The van der Waals surface area contributed by atoms with Gasteiger partial charge in [-0.25, -0.2) is 0 Å². The largest absolute Gasteiger partial charge is 0.395 e. The Kier molecular flexibility index (Phi) is 6.27. The first-order valence-corrected chi connectivity index (χ1v) is 5.79. The summed E-state index contributed by atoms with van der Waals surface area (Å²) in [6.45, 7) is 2.53. The summed E-state index contributed by atoms with van der Waals surface area (Å²) in [5.41, 5.74) is 6.87. The van der Waals surface area contributed by atoms with E-state index in [1.54, 1.807) is 13.3 Å². The van der Waals surface area contributed by atoms with Crippen LogP contribution in [-0.4, -0.2) is 54.2 Å². The lowest BCUT2D eigenvalue weighted by molar-refractivity contribution is 0.127. The SMILES string of the molecule is COCCN(CCO)Cc1cccnc1C(=N)N. The predicted molar refractivity (Wildman–Crippen MR) is 69.5 cm³/mol. The fourth-order valence-corrected chi connectivity index (χ4v) is 1.68. The van der Waals surface area contributed by atoms with E-state index < -0.39 is 0 Å². The van der Waals surface area contributed by atoms with Gasteiger partial charge in [-0.1, -0.05) is 6.07 Å². The minimum Gasteiger partial charge on any atom is -0.395 e. The number of hydrogen-bond donors (Lipinski definition) is 3. The van der Waals surface area contributed by atoms with Crippen molar-refractivity contribution in [2.24, 2.45) is 5.73 Å². The van der Waals surface area contributed by atoms with Crippen LogP contribution in [0.3, 0.4) is 0 Å². The van der Waals surface area contributed by atoms with Crippen LogP contribution in [0.15, 0.2) is 18.3 Å². The van der Waals surface area contributed by atoms with E-state index in [0.29, 0.717) is 31.9 Å². The Hall–Kier alpha value is -1.50. The number of nitrogens with two attached hydrogens (primary N) is 1. The molecule has 6 nitrogen and oxygen atoms in total. The molecular weight excluding hydrogens is 232 g/mol. The summed E-state index contributed by atoms with van der Waals surface area (Å²) >= 11 is 0. The topological polar surface area (TPSA) is 95.5 Å². The van der Waals surface area contributed by atoms with Crippen LogP contribution in [0.25, 0.3) is 0 Å². The minimum absolute atomic E-state index is 0.0405. The van der Waals surface area contributed by atoms with E-state index in [-0.39, 0.29) is 12.4 Å². The van der Waals surface area contributed by atoms with Gasteiger partial charge in [0.25, 0.3) is 0 Å². The molecule has 100 valence electrons. The molecular formula is C12H20N4O2. The molecule has 0 aliphatic rings. The van der Waals surface area contributed by atoms with Crippen molar-refractivity contribution in [1.82, 2.24) is 9.88 Å². The molecule has 18 heavy (non-hydrogen) atoms. The van der Waals surface area contributed by atoms with Gasteiger partial charge in [0, 0.05) is 32.9 Å². The number of pyridine rings is 1. The van der Waals surface area contributed by atoms with E-state index in [1.807, 2.05) is 17.0 Å². The van der Waals surface area contributed by atoms with E-state index in [0.717, 1.165) is 5.56 Å². The van der Waals surface area contributed by atoms with Crippen molar-refractivity contribution in [2.75, 3.05) is 33.4 Å². The van der Waals surface area contributed by atoms with Gasteiger partial charge < -0.3 is 15.6 Å².